The first kappa shape index (κ1) is 14.9. The number of fused-ring (bicyclic) bond motifs is 1. The Balaban J connectivity index is 1.65. The number of rotatable bonds is 3. The highest BCUT2D eigenvalue weighted by Crippen LogP contribution is 2.35. The van der Waals surface area contributed by atoms with E-state index in [0.29, 0.717) is 5.69 Å². The maximum atomic E-state index is 11.0. The van der Waals surface area contributed by atoms with Gasteiger partial charge in [0.15, 0.2) is 0 Å². The van der Waals surface area contributed by atoms with E-state index in [9.17, 15) is 4.79 Å². The van der Waals surface area contributed by atoms with Gasteiger partial charge in [-0.3, -0.25) is 9.98 Å². The van der Waals surface area contributed by atoms with E-state index >= 15 is 0 Å². The second kappa shape index (κ2) is 6.09. The number of hydrogen-bond acceptors (Lipinski definition) is 3. The van der Waals surface area contributed by atoms with Crippen LogP contribution >= 0.6 is 0 Å². The van der Waals surface area contributed by atoms with Crippen LogP contribution in [-0.2, 0) is 0 Å². The van der Waals surface area contributed by atoms with Crippen LogP contribution in [0.4, 0.5) is 16.2 Å². The molecule has 0 fully saturated rings. The topological polar surface area (TPSA) is 96.2 Å². The number of urea groups is 1. The molecule has 3 heterocycles. The van der Waals surface area contributed by atoms with Crippen molar-refractivity contribution >= 4 is 35.3 Å². The number of nitrogens with one attached hydrogen (secondary N) is 2. The fourth-order valence-electron chi connectivity index (χ4n) is 2.79. The number of amides is 2. The molecule has 0 bridgehead atoms. The maximum absolute atomic E-state index is 11.0. The molecule has 4 rings (SSSR count). The standard InChI is InChI=1S/C19H15N5O/c20-19(25)24-15-3-4-18-17(8-15)14(11-23-18)7-16-6-13(10-22-16)12-2-1-5-21-9-12/h1-11,22H,(H3,20,24,25). The Morgan fingerprint density at radius 1 is 1.20 bits per heavy atom. The lowest BCUT2D eigenvalue weighted by molar-refractivity contribution is 0.259. The third-order valence-corrected chi connectivity index (χ3v) is 3.93. The average molecular weight is 329 g/mol. The van der Waals surface area contributed by atoms with Crippen LogP contribution in [0, 0.1) is 0 Å². The van der Waals surface area contributed by atoms with Gasteiger partial charge in [0.05, 0.1) is 5.69 Å². The van der Waals surface area contributed by atoms with E-state index in [2.05, 4.69) is 26.3 Å². The van der Waals surface area contributed by atoms with Crippen LogP contribution in [0.25, 0.3) is 22.8 Å². The zero-order valence-electron chi connectivity index (χ0n) is 13.2. The molecule has 3 aromatic rings. The van der Waals surface area contributed by atoms with Gasteiger partial charge in [-0.25, -0.2) is 4.79 Å². The van der Waals surface area contributed by atoms with Gasteiger partial charge in [-0.1, -0.05) is 6.07 Å². The molecule has 1 aliphatic rings. The number of nitrogens with two attached hydrogens (primary N) is 1. The number of aromatic nitrogens is 2. The summed E-state index contributed by atoms with van der Waals surface area (Å²) in [4.78, 5) is 22.8. The summed E-state index contributed by atoms with van der Waals surface area (Å²) in [6.45, 7) is 0. The summed E-state index contributed by atoms with van der Waals surface area (Å²) in [5.74, 6) is 0. The fraction of sp³-hybridized carbons (Fsp3) is 0. The second-order valence-corrected chi connectivity index (χ2v) is 5.66. The average Bonchev–Trinajstić information content (AvgIpc) is 3.23. The van der Waals surface area contributed by atoms with Gasteiger partial charge in [0, 0.05) is 58.4 Å². The highest BCUT2D eigenvalue weighted by Gasteiger charge is 2.14. The summed E-state index contributed by atoms with van der Waals surface area (Å²) in [5.41, 5.74) is 11.7. The molecule has 0 aliphatic carbocycles. The van der Waals surface area contributed by atoms with Gasteiger partial charge in [0.1, 0.15) is 0 Å². The normalized spacial score (nSPS) is 13.8. The van der Waals surface area contributed by atoms with Crippen LogP contribution in [0.3, 0.4) is 0 Å². The summed E-state index contributed by atoms with van der Waals surface area (Å²) in [6.07, 6.45) is 9.35. The monoisotopic (exact) mass is 329 g/mol. The van der Waals surface area contributed by atoms with Crippen LogP contribution in [0.15, 0.2) is 60.0 Å². The van der Waals surface area contributed by atoms with Crippen molar-refractivity contribution < 1.29 is 4.79 Å². The third-order valence-electron chi connectivity index (χ3n) is 3.93. The summed E-state index contributed by atoms with van der Waals surface area (Å²) in [6, 6.07) is 10.9. The lowest BCUT2D eigenvalue weighted by Crippen LogP contribution is -2.19. The zero-order chi connectivity index (χ0) is 17.2. The number of H-pyrrole nitrogens is 1. The Kier molecular flexibility index (Phi) is 3.63. The molecule has 1 aromatic carbocycles. The molecule has 122 valence electrons. The number of benzene rings is 1. The first-order valence-corrected chi connectivity index (χ1v) is 7.74. The zero-order valence-corrected chi connectivity index (χ0v) is 13.2. The number of primary amides is 1. The molecule has 4 N–H and O–H groups in total. The van der Waals surface area contributed by atoms with Crippen molar-refractivity contribution in [3.63, 3.8) is 0 Å². The summed E-state index contributed by atoms with van der Waals surface area (Å²) >= 11 is 0. The molecule has 1 aliphatic heterocycles. The number of aromatic amines is 1. The lowest BCUT2D eigenvalue weighted by Gasteiger charge is -2.05. The van der Waals surface area contributed by atoms with Crippen molar-refractivity contribution in [2.24, 2.45) is 10.7 Å². The van der Waals surface area contributed by atoms with E-state index in [1.807, 2.05) is 48.9 Å². The molecule has 0 atom stereocenters. The predicted molar refractivity (Wildman–Crippen MR) is 99.7 cm³/mol. The molecule has 0 unspecified atom stereocenters. The fourth-order valence-corrected chi connectivity index (χ4v) is 2.79. The van der Waals surface area contributed by atoms with E-state index in [4.69, 9.17) is 5.73 Å². The van der Waals surface area contributed by atoms with Crippen molar-refractivity contribution in [2.45, 2.75) is 0 Å². The molecule has 0 saturated carbocycles. The Hall–Kier alpha value is -3.67. The number of anilines is 1. The van der Waals surface area contributed by atoms with Gasteiger partial charge in [-0.15, -0.1) is 0 Å². The van der Waals surface area contributed by atoms with Crippen molar-refractivity contribution in [1.29, 1.82) is 0 Å². The quantitative estimate of drug-likeness (QED) is 0.681. The number of aliphatic imine (C=N–C) groups is 1. The number of allylic oxidation sites excluding steroid dienone is 1. The number of nitrogens with zero attached hydrogens (tertiary/aromatic N) is 2. The highest BCUT2D eigenvalue weighted by atomic mass is 16.2. The Bertz CT molecular complexity index is 1000. The van der Waals surface area contributed by atoms with Crippen LogP contribution in [0.1, 0.15) is 11.3 Å². The van der Waals surface area contributed by atoms with Crippen LogP contribution in [0.5, 0.6) is 0 Å². The van der Waals surface area contributed by atoms with E-state index in [0.717, 1.165) is 33.6 Å². The molecule has 2 aromatic heterocycles. The van der Waals surface area contributed by atoms with Gasteiger partial charge in [-0.05, 0) is 36.4 Å². The van der Waals surface area contributed by atoms with E-state index in [1.165, 1.54) is 0 Å². The minimum atomic E-state index is -0.588. The SMILES string of the molecule is NC(=O)Nc1ccc2c(c1)C(=Cc1cc(-c3cccnc3)c[nH]1)C=N2. The van der Waals surface area contributed by atoms with Crippen molar-refractivity contribution in [3.05, 3.63) is 66.2 Å². The van der Waals surface area contributed by atoms with Gasteiger partial charge in [-0.2, -0.15) is 0 Å². The van der Waals surface area contributed by atoms with Gasteiger partial charge in [0.25, 0.3) is 0 Å². The second-order valence-electron chi connectivity index (χ2n) is 5.66. The number of carbonyl (C=O) groups excluding carboxylic acids is 1. The predicted octanol–water partition coefficient (Wildman–Crippen LogP) is 3.82. The third kappa shape index (κ3) is 3.05. The maximum Gasteiger partial charge on any atom is 0.316 e. The highest BCUT2D eigenvalue weighted by molar-refractivity contribution is 6.21. The lowest BCUT2D eigenvalue weighted by atomic mass is 10.0. The first-order chi connectivity index (χ1) is 12.2. The van der Waals surface area contributed by atoms with Gasteiger partial charge < -0.3 is 16.0 Å². The van der Waals surface area contributed by atoms with Crippen LogP contribution in [-0.4, -0.2) is 22.2 Å². The Morgan fingerprint density at radius 3 is 2.92 bits per heavy atom. The summed E-state index contributed by atoms with van der Waals surface area (Å²) in [7, 11) is 0. The molecular formula is C19H15N5O. The van der Waals surface area contributed by atoms with Gasteiger partial charge >= 0.3 is 6.03 Å². The molecule has 6 nitrogen and oxygen atoms in total. The van der Waals surface area contributed by atoms with Crippen molar-refractivity contribution in [1.82, 2.24) is 9.97 Å². The van der Waals surface area contributed by atoms with E-state index < -0.39 is 6.03 Å². The van der Waals surface area contributed by atoms with Crippen molar-refractivity contribution in [3.8, 4) is 11.1 Å². The molecule has 6 heteroatoms. The van der Waals surface area contributed by atoms with Crippen LogP contribution < -0.4 is 11.1 Å². The van der Waals surface area contributed by atoms with E-state index in [-0.39, 0.29) is 0 Å². The van der Waals surface area contributed by atoms with Gasteiger partial charge in [0.2, 0.25) is 0 Å². The molecule has 2 amide bonds. The minimum absolute atomic E-state index is 0.588. The number of pyridine rings is 1. The van der Waals surface area contributed by atoms with Crippen molar-refractivity contribution in [2.75, 3.05) is 5.32 Å². The summed E-state index contributed by atoms with van der Waals surface area (Å²) < 4.78 is 0. The first-order valence-electron chi connectivity index (χ1n) is 7.74. The molecule has 0 radical (unpaired) electrons. The molecule has 0 spiro atoms. The molecule has 25 heavy (non-hydrogen) atoms. The van der Waals surface area contributed by atoms with Crippen LogP contribution in [0.2, 0.25) is 0 Å². The summed E-state index contributed by atoms with van der Waals surface area (Å²) in [5, 5.41) is 2.59. The minimum Gasteiger partial charge on any atom is -0.361 e. The number of hydrogen-bond donors (Lipinski definition) is 3. The largest absolute Gasteiger partial charge is 0.361 e. The number of carbonyl (C=O) groups is 1. The Morgan fingerprint density at radius 2 is 2.12 bits per heavy atom. The smallest absolute Gasteiger partial charge is 0.316 e. The Labute approximate surface area is 144 Å². The molecular weight excluding hydrogens is 314 g/mol. The molecule has 0 saturated heterocycles. The van der Waals surface area contributed by atoms with E-state index in [1.54, 1.807) is 12.3 Å².